The van der Waals surface area contributed by atoms with Crippen molar-refractivity contribution in [1.29, 1.82) is 0 Å². The van der Waals surface area contributed by atoms with Crippen LogP contribution in [0, 0.1) is 5.92 Å². The minimum absolute atomic E-state index is 0.0576. The Hall–Kier alpha value is -1.31. The number of esters is 1. The number of ether oxygens (including phenoxy) is 1. The van der Waals surface area contributed by atoms with Gasteiger partial charge in [-0.2, -0.15) is 0 Å². The van der Waals surface area contributed by atoms with Gasteiger partial charge in [0.1, 0.15) is 5.75 Å². The predicted molar refractivity (Wildman–Crippen MR) is 144 cm³/mol. The van der Waals surface area contributed by atoms with Gasteiger partial charge in [0.25, 0.3) is 0 Å². The van der Waals surface area contributed by atoms with E-state index in [-0.39, 0.29) is 5.97 Å². The van der Waals surface area contributed by atoms with Crippen molar-refractivity contribution in [2.45, 2.75) is 149 Å². The summed E-state index contributed by atoms with van der Waals surface area (Å²) >= 11 is 0. The Morgan fingerprint density at radius 1 is 0.606 bits per heavy atom. The van der Waals surface area contributed by atoms with Gasteiger partial charge in [-0.05, 0) is 30.9 Å². The first-order valence-electron chi connectivity index (χ1n) is 14.5. The Morgan fingerprint density at radius 2 is 1.00 bits per heavy atom. The lowest BCUT2D eigenvalue weighted by Gasteiger charge is -2.16. The second-order valence-corrected chi connectivity index (χ2v) is 10.1. The number of para-hydroxylation sites is 1. The summed E-state index contributed by atoms with van der Waals surface area (Å²) in [5.74, 6) is 1.10. The summed E-state index contributed by atoms with van der Waals surface area (Å²) < 4.78 is 5.59. The maximum atomic E-state index is 12.5. The molecule has 0 bridgehead atoms. The summed E-state index contributed by atoms with van der Waals surface area (Å²) in [6, 6.07) is 9.53. The number of rotatable bonds is 23. The maximum Gasteiger partial charge on any atom is 0.311 e. The van der Waals surface area contributed by atoms with Crippen LogP contribution in [0.15, 0.2) is 30.3 Å². The van der Waals surface area contributed by atoms with Gasteiger partial charge in [-0.25, -0.2) is 0 Å². The zero-order chi connectivity index (χ0) is 23.8. The average molecular weight is 459 g/mol. The molecule has 1 atom stereocenters. The van der Waals surface area contributed by atoms with E-state index < -0.39 is 0 Å². The SMILES string of the molecule is CCCCCCCCCCCCC(CCCCCCCCCC)CC(=O)Oc1ccccc1. The van der Waals surface area contributed by atoms with Crippen molar-refractivity contribution >= 4 is 5.97 Å². The molecule has 0 aromatic heterocycles. The van der Waals surface area contributed by atoms with E-state index in [0.29, 0.717) is 18.1 Å². The van der Waals surface area contributed by atoms with Crippen LogP contribution in [-0.4, -0.2) is 5.97 Å². The Labute approximate surface area is 206 Å². The van der Waals surface area contributed by atoms with Crippen molar-refractivity contribution < 1.29 is 9.53 Å². The first-order chi connectivity index (χ1) is 16.3. The molecule has 0 amide bonds. The highest BCUT2D eigenvalue weighted by Gasteiger charge is 2.15. The monoisotopic (exact) mass is 458 g/mol. The van der Waals surface area contributed by atoms with Gasteiger partial charge in [0.05, 0.1) is 0 Å². The Kier molecular flexibility index (Phi) is 20.2. The van der Waals surface area contributed by atoms with Crippen molar-refractivity contribution in [3.63, 3.8) is 0 Å². The van der Waals surface area contributed by atoms with Crippen LogP contribution in [0.2, 0.25) is 0 Å². The molecule has 0 fully saturated rings. The second kappa shape index (κ2) is 22.5. The van der Waals surface area contributed by atoms with Gasteiger partial charge in [0.15, 0.2) is 0 Å². The van der Waals surface area contributed by atoms with Crippen LogP contribution in [0.5, 0.6) is 5.75 Å². The summed E-state index contributed by atoms with van der Waals surface area (Å²) in [5, 5.41) is 0. The van der Waals surface area contributed by atoms with Crippen LogP contribution >= 0.6 is 0 Å². The van der Waals surface area contributed by atoms with Gasteiger partial charge in [-0.15, -0.1) is 0 Å². The molecule has 0 heterocycles. The van der Waals surface area contributed by atoms with Crippen molar-refractivity contribution in [3.05, 3.63) is 30.3 Å². The van der Waals surface area contributed by atoms with Crippen LogP contribution in [0.3, 0.4) is 0 Å². The summed E-state index contributed by atoms with van der Waals surface area (Å²) in [4.78, 5) is 12.5. The highest BCUT2D eigenvalue weighted by Crippen LogP contribution is 2.23. The van der Waals surface area contributed by atoms with E-state index in [1.165, 1.54) is 128 Å². The second-order valence-electron chi connectivity index (χ2n) is 10.1. The number of hydrogen-bond donors (Lipinski definition) is 0. The third-order valence-corrected chi connectivity index (χ3v) is 6.86. The normalized spacial score (nSPS) is 12.1. The molecule has 1 unspecified atom stereocenters. The van der Waals surface area contributed by atoms with Gasteiger partial charge >= 0.3 is 5.97 Å². The first kappa shape index (κ1) is 29.7. The smallest absolute Gasteiger partial charge is 0.311 e. The average Bonchev–Trinajstić information content (AvgIpc) is 2.82. The molecule has 0 saturated carbocycles. The highest BCUT2D eigenvalue weighted by atomic mass is 16.5. The Balaban J connectivity index is 2.23. The molecule has 0 aliphatic carbocycles. The van der Waals surface area contributed by atoms with Crippen LogP contribution in [0.4, 0.5) is 0 Å². The number of hydrogen-bond acceptors (Lipinski definition) is 2. The zero-order valence-electron chi connectivity index (χ0n) is 22.1. The van der Waals surface area contributed by atoms with Crippen LogP contribution in [0.1, 0.15) is 149 Å². The number of benzene rings is 1. The standard InChI is InChI=1S/C31H54O2/c1-3-5-7-9-11-13-14-16-18-21-25-29(24-20-17-15-12-10-8-6-4-2)28-31(32)33-30-26-22-19-23-27-30/h19,22-23,26-27,29H,3-18,20-21,24-25,28H2,1-2H3. The van der Waals surface area contributed by atoms with Crippen molar-refractivity contribution in [1.82, 2.24) is 0 Å². The van der Waals surface area contributed by atoms with Crippen molar-refractivity contribution in [2.75, 3.05) is 0 Å². The van der Waals surface area contributed by atoms with E-state index >= 15 is 0 Å². The van der Waals surface area contributed by atoms with E-state index in [1.54, 1.807) is 0 Å². The molecule has 0 radical (unpaired) electrons. The lowest BCUT2D eigenvalue weighted by Crippen LogP contribution is -2.14. The first-order valence-corrected chi connectivity index (χ1v) is 14.5. The van der Waals surface area contributed by atoms with Crippen molar-refractivity contribution in [3.8, 4) is 5.75 Å². The molecule has 0 aliphatic heterocycles. The third-order valence-electron chi connectivity index (χ3n) is 6.86. The number of unbranched alkanes of at least 4 members (excludes halogenated alkanes) is 16. The summed E-state index contributed by atoms with van der Waals surface area (Å²) in [5.41, 5.74) is 0. The van der Waals surface area contributed by atoms with Gasteiger partial charge in [0, 0.05) is 6.42 Å². The van der Waals surface area contributed by atoms with E-state index in [4.69, 9.17) is 4.74 Å². The molecule has 0 spiro atoms. The fourth-order valence-electron chi connectivity index (χ4n) is 4.73. The van der Waals surface area contributed by atoms with E-state index in [9.17, 15) is 4.79 Å². The van der Waals surface area contributed by atoms with Gasteiger partial charge < -0.3 is 4.74 Å². The molecule has 2 nitrogen and oxygen atoms in total. The summed E-state index contributed by atoms with van der Waals surface area (Å²) in [6.07, 6.45) is 27.4. The lowest BCUT2D eigenvalue weighted by molar-refractivity contribution is -0.135. The lowest BCUT2D eigenvalue weighted by atomic mass is 9.91. The van der Waals surface area contributed by atoms with Crippen LogP contribution in [0.25, 0.3) is 0 Å². The minimum atomic E-state index is -0.0576. The largest absolute Gasteiger partial charge is 0.427 e. The van der Waals surface area contributed by atoms with Crippen LogP contribution in [-0.2, 0) is 4.79 Å². The molecule has 0 N–H and O–H groups in total. The molecule has 1 aromatic carbocycles. The molecule has 1 rings (SSSR count). The van der Waals surface area contributed by atoms with Gasteiger partial charge in [-0.3, -0.25) is 4.79 Å². The minimum Gasteiger partial charge on any atom is -0.427 e. The number of carbonyl (C=O) groups is 1. The predicted octanol–water partition coefficient (Wildman–Crippen LogP) is 10.4. The number of carbonyl (C=O) groups excluding carboxylic acids is 1. The molecule has 33 heavy (non-hydrogen) atoms. The quantitative estimate of drug-likeness (QED) is 0.0925. The van der Waals surface area contributed by atoms with E-state index in [2.05, 4.69) is 13.8 Å². The Morgan fingerprint density at radius 3 is 1.42 bits per heavy atom. The topological polar surface area (TPSA) is 26.3 Å². The fourth-order valence-corrected chi connectivity index (χ4v) is 4.73. The summed E-state index contributed by atoms with van der Waals surface area (Å²) in [6.45, 7) is 4.56. The van der Waals surface area contributed by atoms with E-state index in [0.717, 1.165) is 0 Å². The van der Waals surface area contributed by atoms with E-state index in [1.807, 2.05) is 30.3 Å². The summed E-state index contributed by atoms with van der Waals surface area (Å²) in [7, 11) is 0. The van der Waals surface area contributed by atoms with Crippen molar-refractivity contribution in [2.24, 2.45) is 5.92 Å². The molecular formula is C31H54O2. The zero-order valence-corrected chi connectivity index (χ0v) is 22.1. The molecule has 2 heteroatoms. The van der Waals surface area contributed by atoms with Crippen LogP contribution < -0.4 is 4.74 Å². The molecule has 0 saturated heterocycles. The molecular weight excluding hydrogens is 404 g/mol. The molecule has 190 valence electrons. The van der Waals surface area contributed by atoms with Gasteiger partial charge in [0.2, 0.25) is 0 Å². The molecule has 1 aromatic rings. The van der Waals surface area contributed by atoms with Gasteiger partial charge in [-0.1, -0.05) is 148 Å². The third kappa shape index (κ3) is 18.8. The Bertz CT molecular complexity index is 539. The highest BCUT2D eigenvalue weighted by molar-refractivity contribution is 5.72. The fraction of sp³-hybridized carbons (Fsp3) is 0.774. The molecule has 0 aliphatic rings. The maximum absolute atomic E-state index is 12.5.